The Labute approximate surface area is 159 Å². The van der Waals surface area contributed by atoms with Crippen LogP contribution in [0.2, 0.25) is 0 Å². The van der Waals surface area contributed by atoms with Crippen molar-refractivity contribution >= 4 is 17.9 Å². The van der Waals surface area contributed by atoms with Gasteiger partial charge in [0.1, 0.15) is 5.69 Å². The molecule has 2 rings (SSSR count). The van der Waals surface area contributed by atoms with Crippen LogP contribution in [-0.2, 0) is 4.74 Å². The fourth-order valence-corrected chi connectivity index (χ4v) is 3.05. The molecule has 1 fully saturated rings. The van der Waals surface area contributed by atoms with Crippen LogP contribution in [0.5, 0.6) is 0 Å². The number of piperidine rings is 1. The summed E-state index contributed by atoms with van der Waals surface area (Å²) in [4.78, 5) is 44.1. The molecule has 1 aromatic rings. The quantitative estimate of drug-likeness (QED) is 0.819. The number of ether oxygens (including phenoxy) is 1. The summed E-state index contributed by atoms with van der Waals surface area (Å²) in [6.07, 6.45) is 2.51. The lowest BCUT2D eigenvalue weighted by molar-refractivity contribution is 0.0767. The lowest BCUT2D eigenvalue weighted by Gasteiger charge is -2.31. The molecule has 27 heavy (non-hydrogen) atoms. The summed E-state index contributed by atoms with van der Waals surface area (Å²) in [7, 11) is 0. The van der Waals surface area contributed by atoms with Crippen LogP contribution in [-0.4, -0.2) is 71.5 Å². The van der Waals surface area contributed by atoms with Gasteiger partial charge < -0.3 is 19.9 Å². The Bertz CT molecular complexity index is 667. The van der Waals surface area contributed by atoms with Crippen LogP contribution in [0, 0.1) is 0 Å². The highest BCUT2D eigenvalue weighted by Gasteiger charge is 2.25. The van der Waals surface area contributed by atoms with Gasteiger partial charge in [0.2, 0.25) is 0 Å². The van der Waals surface area contributed by atoms with Crippen molar-refractivity contribution in [2.24, 2.45) is 0 Å². The van der Waals surface area contributed by atoms with Crippen molar-refractivity contribution in [1.82, 2.24) is 20.1 Å². The number of carbonyl (C=O) groups is 3. The molecule has 0 unspecified atom stereocenters. The standard InChI is InChI=1S/C19H28N4O4/c1-4-22(5-2)18(25)16-13-14(7-10-20-16)17(24)21-15-8-11-23(12-9-15)19(26)27-6-3/h7,10,13,15H,4-6,8-9,11-12H2,1-3H3,(H,21,24). The second-order valence-electron chi connectivity index (χ2n) is 6.34. The third kappa shape index (κ3) is 5.42. The fourth-order valence-electron chi connectivity index (χ4n) is 3.05. The van der Waals surface area contributed by atoms with Crippen LogP contribution in [0.4, 0.5) is 4.79 Å². The number of amides is 3. The molecule has 1 N–H and O–H groups in total. The van der Waals surface area contributed by atoms with Crippen molar-refractivity contribution in [1.29, 1.82) is 0 Å². The lowest BCUT2D eigenvalue weighted by Crippen LogP contribution is -2.46. The van der Waals surface area contributed by atoms with Gasteiger partial charge in [-0.05, 0) is 45.7 Å². The van der Waals surface area contributed by atoms with E-state index in [4.69, 9.17) is 4.74 Å². The minimum absolute atomic E-state index is 0.0155. The molecule has 8 heteroatoms. The Kier molecular flexibility index (Phi) is 7.57. The molecule has 0 aromatic carbocycles. The zero-order chi connectivity index (χ0) is 19.8. The molecule has 1 aliphatic rings. The summed E-state index contributed by atoms with van der Waals surface area (Å²) in [5, 5.41) is 2.98. The Morgan fingerprint density at radius 1 is 1.22 bits per heavy atom. The van der Waals surface area contributed by atoms with Gasteiger partial charge >= 0.3 is 6.09 Å². The monoisotopic (exact) mass is 376 g/mol. The molecule has 1 aromatic heterocycles. The van der Waals surface area contributed by atoms with E-state index in [2.05, 4.69) is 10.3 Å². The molecule has 1 aliphatic heterocycles. The van der Waals surface area contributed by atoms with Crippen LogP contribution in [0.3, 0.4) is 0 Å². The number of carbonyl (C=O) groups excluding carboxylic acids is 3. The minimum Gasteiger partial charge on any atom is -0.450 e. The van der Waals surface area contributed by atoms with Crippen LogP contribution >= 0.6 is 0 Å². The summed E-state index contributed by atoms with van der Waals surface area (Å²) in [5.74, 6) is -0.419. The van der Waals surface area contributed by atoms with Gasteiger partial charge in [0.25, 0.3) is 11.8 Å². The number of pyridine rings is 1. The van der Waals surface area contributed by atoms with Crippen LogP contribution < -0.4 is 5.32 Å². The number of hydrogen-bond acceptors (Lipinski definition) is 5. The third-order valence-electron chi connectivity index (χ3n) is 4.65. The van der Waals surface area contributed by atoms with Gasteiger partial charge in [-0.25, -0.2) is 4.79 Å². The fraction of sp³-hybridized carbons (Fsp3) is 0.579. The first-order valence-corrected chi connectivity index (χ1v) is 9.47. The highest BCUT2D eigenvalue weighted by molar-refractivity contribution is 5.98. The van der Waals surface area contributed by atoms with E-state index in [1.165, 1.54) is 12.3 Å². The van der Waals surface area contributed by atoms with Crippen molar-refractivity contribution in [3.05, 3.63) is 29.6 Å². The van der Waals surface area contributed by atoms with E-state index >= 15 is 0 Å². The molecule has 0 aliphatic carbocycles. The molecule has 1 saturated heterocycles. The molecular formula is C19H28N4O4. The van der Waals surface area contributed by atoms with Gasteiger partial charge in [-0.1, -0.05) is 0 Å². The maximum absolute atomic E-state index is 12.5. The number of likely N-dealkylation sites (tertiary alicyclic amines) is 1. The van der Waals surface area contributed by atoms with Crippen LogP contribution in [0.25, 0.3) is 0 Å². The number of hydrogen-bond donors (Lipinski definition) is 1. The first kappa shape index (κ1) is 20.7. The van der Waals surface area contributed by atoms with E-state index in [9.17, 15) is 14.4 Å². The predicted molar refractivity (Wildman–Crippen MR) is 101 cm³/mol. The summed E-state index contributed by atoms with van der Waals surface area (Å²) < 4.78 is 5.00. The van der Waals surface area contributed by atoms with E-state index in [-0.39, 0.29) is 29.6 Å². The normalized spacial score (nSPS) is 14.6. The maximum Gasteiger partial charge on any atom is 0.409 e. The van der Waals surface area contributed by atoms with Crippen molar-refractivity contribution in [2.45, 2.75) is 39.7 Å². The number of aromatic nitrogens is 1. The minimum atomic E-state index is -0.309. The number of nitrogens with one attached hydrogen (secondary N) is 1. The van der Waals surface area contributed by atoms with E-state index in [0.717, 1.165) is 0 Å². The average molecular weight is 376 g/mol. The van der Waals surface area contributed by atoms with E-state index < -0.39 is 0 Å². The van der Waals surface area contributed by atoms with Gasteiger partial charge in [0, 0.05) is 44.0 Å². The molecule has 0 spiro atoms. The first-order valence-electron chi connectivity index (χ1n) is 9.47. The summed E-state index contributed by atoms with van der Waals surface area (Å²) >= 11 is 0. The smallest absolute Gasteiger partial charge is 0.409 e. The van der Waals surface area contributed by atoms with Gasteiger partial charge in [-0.2, -0.15) is 0 Å². The second-order valence-corrected chi connectivity index (χ2v) is 6.34. The second kappa shape index (κ2) is 9.89. The van der Waals surface area contributed by atoms with E-state index in [1.54, 1.807) is 22.8 Å². The van der Waals surface area contributed by atoms with Gasteiger partial charge in [0.05, 0.1) is 6.61 Å². The first-order chi connectivity index (χ1) is 13.0. The van der Waals surface area contributed by atoms with Crippen molar-refractivity contribution in [3.63, 3.8) is 0 Å². The lowest BCUT2D eigenvalue weighted by atomic mass is 10.0. The van der Waals surface area contributed by atoms with E-state index in [1.807, 2.05) is 13.8 Å². The Morgan fingerprint density at radius 3 is 2.48 bits per heavy atom. The zero-order valence-electron chi connectivity index (χ0n) is 16.2. The molecule has 0 atom stereocenters. The maximum atomic E-state index is 12.5. The van der Waals surface area contributed by atoms with Gasteiger partial charge in [-0.15, -0.1) is 0 Å². The third-order valence-corrected chi connectivity index (χ3v) is 4.65. The van der Waals surface area contributed by atoms with Crippen molar-refractivity contribution in [3.8, 4) is 0 Å². The molecule has 2 heterocycles. The molecule has 0 radical (unpaired) electrons. The molecule has 8 nitrogen and oxygen atoms in total. The largest absolute Gasteiger partial charge is 0.450 e. The Hall–Kier alpha value is -2.64. The summed E-state index contributed by atoms with van der Waals surface area (Å²) in [6, 6.07) is 3.12. The molecular weight excluding hydrogens is 348 g/mol. The SMILES string of the molecule is CCOC(=O)N1CCC(NC(=O)c2ccnc(C(=O)N(CC)CC)c2)CC1. The van der Waals surface area contributed by atoms with Crippen molar-refractivity contribution < 1.29 is 19.1 Å². The molecule has 3 amide bonds. The number of nitrogens with zero attached hydrogens (tertiary/aromatic N) is 3. The average Bonchev–Trinajstić information content (AvgIpc) is 2.69. The molecule has 0 saturated carbocycles. The van der Waals surface area contributed by atoms with Crippen LogP contribution in [0.1, 0.15) is 54.5 Å². The number of rotatable bonds is 6. The Balaban J connectivity index is 1.94. The molecule has 0 bridgehead atoms. The van der Waals surface area contributed by atoms with Gasteiger partial charge in [0.15, 0.2) is 0 Å². The zero-order valence-corrected chi connectivity index (χ0v) is 16.2. The summed E-state index contributed by atoms with van der Waals surface area (Å²) in [5.41, 5.74) is 0.678. The van der Waals surface area contributed by atoms with Gasteiger partial charge in [-0.3, -0.25) is 14.6 Å². The summed E-state index contributed by atoms with van der Waals surface area (Å²) in [6.45, 7) is 8.21. The molecule has 148 valence electrons. The highest BCUT2D eigenvalue weighted by atomic mass is 16.6. The Morgan fingerprint density at radius 2 is 1.89 bits per heavy atom. The van der Waals surface area contributed by atoms with Crippen molar-refractivity contribution in [2.75, 3.05) is 32.8 Å². The highest BCUT2D eigenvalue weighted by Crippen LogP contribution is 2.13. The van der Waals surface area contributed by atoms with E-state index in [0.29, 0.717) is 51.2 Å². The van der Waals surface area contributed by atoms with Crippen LogP contribution in [0.15, 0.2) is 18.3 Å². The predicted octanol–water partition coefficient (Wildman–Crippen LogP) is 1.91. The topological polar surface area (TPSA) is 91.8 Å².